The summed E-state index contributed by atoms with van der Waals surface area (Å²) in [7, 11) is 0. The molecule has 0 bridgehead atoms. The number of rotatable bonds is 6. The third-order valence-electron chi connectivity index (χ3n) is 3.35. The van der Waals surface area contributed by atoms with Gasteiger partial charge in [0.25, 0.3) is 5.91 Å². The van der Waals surface area contributed by atoms with Gasteiger partial charge in [-0.25, -0.2) is 4.79 Å². The van der Waals surface area contributed by atoms with Crippen molar-refractivity contribution < 1.29 is 19.1 Å². The summed E-state index contributed by atoms with van der Waals surface area (Å²) in [5.41, 5.74) is 0.610. The van der Waals surface area contributed by atoms with Gasteiger partial charge in [-0.2, -0.15) is 0 Å². The highest BCUT2D eigenvalue weighted by Crippen LogP contribution is 2.18. The molecule has 0 fully saturated rings. The van der Waals surface area contributed by atoms with E-state index in [2.05, 4.69) is 10.6 Å². The molecule has 2 N–H and O–H groups in total. The van der Waals surface area contributed by atoms with Crippen LogP contribution < -0.4 is 15.4 Å². The first-order chi connectivity index (χ1) is 11.9. The molecule has 2 rings (SSSR count). The van der Waals surface area contributed by atoms with Gasteiger partial charge in [0.15, 0.2) is 0 Å². The van der Waals surface area contributed by atoms with Crippen molar-refractivity contribution in [1.29, 1.82) is 0 Å². The molecule has 7 heteroatoms. The Bertz CT molecular complexity index is 739. The maximum atomic E-state index is 12.4. The Morgan fingerprint density at radius 3 is 2.28 bits per heavy atom. The van der Waals surface area contributed by atoms with Gasteiger partial charge in [0, 0.05) is 12.6 Å². The van der Waals surface area contributed by atoms with Crippen molar-refractivity contribution in [2.75, 3.05) is 5.32 Å². The Hall–Kier alpha value is -2.67. The summed E-state index contributed by atoms with van der Waals surface area (Å²) >= 11 is 1.31. The highest BCUT2D eigenvalue weighted by Gasteiger charge is 2.27. The van der Waals surface area contributed by atoms with Gasteiger partial charge >= 0.3 is 5.97 Å². The number of carbonyl (C=O) groups excluding carboxylic acids is 3. The predicted octanol–water partition coefficient (Wildman–Crippen LogP) is 3.07. The van der Waals surface area contributed by atoms with Crippen molar-refractivity contribution >= 4 is 34.8 Å². The van der Waals surface area contributed by atoms with E-state index < -0.39 is 12.0 Å². The van der Waals surface area contributed by atoms with E-state index in [1.807, 2.05) is 13.8 Å². The van der Waals surface area contributed by atoms with Gasteiger partial charge < -0.3 is 15.4 Å². The Balaban J connectivity index is 2.02. The van der Waals surface area contributed by atoms with Crippen LogP contribution in [0.25, 0.3) is 0 Å². The average molecular weight is 360 g/mol. The van der Waals surface area contributed by atoms with E-state index in [1.165, 1.54) is 18.3 Å². The summed E-state index contributed by atoms with van der Waals surface area (Å²) in [5, 5.41) is 7.15. The van der Waals surface area contributed by atoms with Crippen LogP contribution in [0, 0.1) is 5.92 Å². The Kier molecular flexibility index (Phi) is 6.30. The second-order valence-corrected chi connectivity index (χ2v) is 6.75. The minimum Gasteiger partial charge on any atom is -0.425 e. The van der Waals surface area contributed by atoms with Gasteiger partial charge in [0.2, 0.25) is 5.91 Å². The number of thiophene rings is 1. The van der Waals surface area contributed by atoms with Gasteiger partial charge in [0.05, 0.1) is 4.88 Å². The topological polar surface area (TPSA) is 84.5 Å². The smallest absolute Gasteiger partial charge is 0.334 e. The van der Waals surface area contributed by atoms with Gasteiger partial charge in [-0.3, -0.25) is 9.59 Å². The Morgan fingerprint density at radius 2 is 1.76 bits per heavy atom. The highest BCUT2D eigenvalue weighted by molar-refractivity contribution is 7.12. The van der Waals surface area contributed by atoms with E-state index >= 15 is 0 Å². The number of benzene rings is 1. The fraction of sp³-hybridized carbons (Fsp3) is 0.278. The molecule has 0 aliphatic carbocycles. The molecule has 0 aliphatic heterocycles. The van der Waals surface area contributed by atoms with Crippen molar-refractivity contribution in [2.24, 2.45) is 5.92 Å². The zero-order chi connectivity index (χ0) is 18.4. The number of ether oxygens (including phenoxy) is 1. The molecule has 2 aromatic rings. The monoisotopic (exact) mass is 360 g/mol. The molecular formula is C18H20N2O4S. The quantitative estimate of drug-likeness (QED) is 0.612. The molecule has 0 radical (unpaired) electrons. The van der Waals surface area contributed by atoms with Crippen LogP contribution in [0.1, 0.15) is 30.4 Å². The first-order valence-electron chi connectivity index (χ1n) is 7.80. The van der Waals surface area contributed by atoms with E-state index in [4.69, 9.17) is 4.74 Å². The molecule has 6 nitrogen and oxygen atoms in total. The summed E-state index contributed by atoms with van der Waals surface area (Å²) in [6.45, 7) is 5.08. The van der Waals surface area contributed by atoms with Crippen LogP contribution in [-0.2, 0) is 9.59 Å². The summed E-state index contributed by atoms with van der Waals surface area (Å²) < 4.78 is 5.35. The molecule has 132 valence electrons. The highest BCUT2D eigenvalue weighted by atomic mass is 32.1. The van der Waals surface area contributed by atoms with Gasteiger partial charge in [-0.15, -0.1) is 11.3 Å². The third kappa shape index (κ3) is 5.42. The van der Waals surface area contributed by atoms with E-state index in [-0.39, 0.29) is 17.7 Å². The van der Waals surface area contributed by atoms with Gasteiger partial charge in [-0.1, -0.05) is 19.9 Å². The summed E-state index contributed by atoms with van der Waals surface area (Å²) in [6.07, 6.45) is 0. The lowest BCUT2D eigenvalue weighted by Gasteiger charge is -2.20. The molecule has 0 saturated heterocycles. The molecule has 1 aromatic heterocycles. The second-order valence-electron chi connectivity index (χ2n) is 5.80. The van der Waals surface area contributed by atoms with Crippen molar-refractivity contribution in [1.82, 2.24) is 5.32 Å². The molecule has 0 spiro atoms. The predicted molar refractivity (Wildman–Crippen MR) is 96.8 cm³/mol. The van der Waals surface area contributed by atoms with E-state index in [0.717, 1.165) is 0 Å². The summed E-state index contributed by atoms with van der Waals surface area (Å²) in [4.78, 5) is 36.1. The lowest BCUT2D eigenvalue weighted by Crippen LogP contribution is -2.46. The summed E-state index contributed by atoms with van der Waals surface area (Å²) in [5.74, 6) is -0.801. The number of esters is 1. The average Bonchev–Trinajstić information content (AvgIpc) is 3.08. The third-order valence-corrected chi connectivity index (χ3v) is 4.21. The second kappa shape index (κ2) is 8.43. The maximum Gasteiger partial charge on any atom is 0.334 e. The number of carbonyl (C=O) groups is 3. The lowest BCUT2D eigenvalue weighted by atomic mass is 10.0. The maximum absolute atomic E-state index is 12.4. The van der Waals surface area contributed by atoms with Gasteiger partial charge in [0.1, 0.15) is 11.8 Å². The zero-order valence-corrected chi connectivity index (χ0v) is 15.1. The molecule has 25 heavy (non-hydrogen) atoms. The van der Waals surface area contributed by atoms with Gasteiger partial charge in [-0.05, 0) is 41.6 Å². The van der Waals surface area contributed by atoms with Crippen molar-refractivity contribution in [2.45, 2.75) is 26.8 Å². The van der Waals surface area contributed by atoms with Crippen molar-refractivity contribution in [3.05, 3.63) is 46.7 Å². The van der Waals surface area contributed by atoms with Crippen LogP contribution in [0.3, 0.4) is 0 Å². The van der Waals surface area contributed by atoms with Crippen LogP contribution in [0.2, 0.25) is 0 Å². The SMILES string of the molecule is CC(=O)Nc1ccc(OC(=O)C(NC(=O)c2cccs2)C(C)C)cc1. The van der Waals surface area contributed by atoms with E-state index in [1.54, 1.807) is 41.8 Å². The van der Waals surface area contributed by atoms with Crippen LogP contribution in [0.4, 0.5) is 5.69 Å². The first kappa shape index (κ1) is 18.7. The standard InChI is InChI=1S/C18H20N2O4S/c1-11(2)16(20-17(22)15-5-4-10-25-15)18(23)24-14-8-6-13(7-9-14)19-12(3)21/h4-11,16H,1-3H3,(H,19,21)(H,20,22). The molecule has 1 heterocycles. The minimum atomic E-state index is -0.760. The van der Waals surface area contributed by atoms with Crippen LogP contribution in [0.15, 0.2) is 41.8 Å². The molecular weight excluding hydrogens is 340 g/mol. The summed E-state index contributed by atoms with van der Waals surface area (Å²) in [6, 6.07) is 9.16. The van der Waals surface area contributed by atoms with E-state index in [9.17, 15) is 14.4 Å². The van der Waals surface area contributed by atoms with Crippen LogP contribution in [0.5, 0.6) is 5.75 Å². The van der Waals surface area contributed by atoms with Crippen molar-refractivity contribution in [3.63, 3.8) is 0 Å². The van der Waals surface area contributed by atoms with Crippen LogP contribution >= 0.6 is 11.3 Å². The fourth-order valence-electron chi connectivity index (χ4n) is 2.11. The first-order valence-corrected chi connectivity index (χ1v) is 8.68. The zero-order valence-electron chi connectivity index (χ0n) is 14.2. The Labute approximate surface area is 150 Å². The molecule has 2 amide bonds. The molecule has 1 atom stereocenters. The molecule has 1 aromatic carbocycles. The van der Waals surface area contributed by atoms with Crippen LogP contribution in [-0.4, -0.2) is 23.8 Å². The molecule has 1 unspecified atom stereocenters. The number of nitrogens with one attached hydrogen (secondary N) is 2. The fourth-order valence-corrected chi connectivity index (χ4v) is 2.73. The molecule has 0 saturated carbocycles. The molecule has 0 aliphatic rings. The van der Waals surface area contributed by atoms with E-state index in [0.29, 0.717) is 16.3 Å². The lowest BCUT2D eigenvalue weighted by molar-refractivity contribution is -0.137. The number of hydrogen-bond acceptors (Lipinski definition) is 5. The number of hydrogen-bond donors (Lipinski definition) is 2. The largest absolute Gasteiger partial charge is 0.425 e. The number of amides is 2. The Morgan fingerprint density at radius 1 is 1.08 bits per heavy atom. The number of anilines is 1. The minimum absolute atomic E-state index is 0.130. The van der Waals surface area contributed by atoms with Crippen molar-refractivity contribution in [3.8, 4) is 5.75 Å². The normalized spacial score (nSPS) is 11.7.